The second-order valence-electron chi connectivity index (χ2n) is 8.37. The molecule has 2 amide bonds. The number of anilines is 2. The van der Waals surface area contributed by atoms with Crippen LogP contribution in [-0.2, 0) is 13.2 Å². The number of carbonyl (C=O) groups is 1. The van der Waals surface area contributed by atoms with Gasteiger partial charge >= 0.3 is 6.03 Å². The van der Waals surface area contributed by atoms with E-state index in [0.29, 0.717) is 57.3 Å². The molecule has 0 radical (unpaired) electrons. The molecule has 0 aromatic heterocycles. The van der Waals surface area contributed by atoms with Gasteiger partial charge in [0.2, 0.25) is 0 Å². The minimum Gasteiger partial charge on any atom is -0.496 e. The molecule has 3 N–H and O–H groups in total. The van der Waals surface area contributed by atoms with Crippen molar-refractivity contribution in [2.24, 2.45) is 0 Å². The van der Waals surface area contributed by atoms with Crippen LogP contribution in [0.1, 0.15) is 22.7 Å². The Hall–Kier alpha value is -2.68. The zero-order valence-corrected chi connectivity index (χ0v) is 21.8. The lowest BCUT2D eigenvalue weighted by Crippen LogP contribution is -2.51. The van der Waals surface area contributed by atoms with E-state index in [-0.39, 0.29) is 25.3 Å². The average molecular weight is 551 g/mol. The third-order valence-electron chi connectivity index (χ3n) is 6.24. The molecule has 3 aromatic carbocycles. The molecule has 190 valence electrons. The molecule has 0 saturated carbocycles. The first-order chi connectivity index (χ1) is 17.3. The summed E-state index contributed by atoms with van der Waals surface area (Å²) in [5, 5.41) is 23.9. The van der Waals surface area contributed by atoms with Gasteiger partial charge in [0, 0.05) is 47.0 Å². The summed E-state index contributed by atoms with van der Waals surface area (Å²) in [6.07, 6.45) is 0. The van der Waals surface area contributed by atoms with Gasteiger partial charge in [-0.15, -0.1) is 0 Å². The number of aliphatic hydroxyl groups excluding tert-OH is 2. The Morgan fingerprint density at radius 3 is 2.36 bits per heavy atom. The van der Waals surface area contributed by atoms with Gasteiger partial charge < -0.3 is 30.1 Å². The van der Waals surface area contributed by atoms with Crippen LogP contribution in [0.15, 0.2) is 54.6 Å². The van der Waals surface area contributed by atoms with Gasteiger partial charge in [-0.2, -0.15) is 0 Å². The summed E-state index contributed by atoms with van der Waals surface area (Å²) in [7, 11) is 1.47. The molecule has 3 aromatic rings. The lowest BCUT2D eigenvalue weighted by Gasteiger charge is -2.43. The van der Waals surface area contributed by atoms with Crippen molar-refractivity contribution >= 4 is 52.2 Å². The average Bonchev–Trinajstić information content (AvgIpc) is 2.88. The number of rotatable bonds is 6. The summed E-state index contributed by atoms with van der Waals surface area (Å²) < 4.78 is 5.34. The Bertz CT molecular complexity index is 1210. The highest BCUT2D eigenvalue weighted by molar-refractivity contribution is 6.36. The van der Waals surface area contributed by atoms with E-state index >= 15 is 0 Å². The molecule has 1 saturated heterocycles. The maximum absolute atomic E-state index is 13.3. The molecule has 7 nitrogen and oxygen atoms in total. The van der Waals surface area contributed by atoms with Crippen molar-refractivity contribution in [3.63, 3.8) is 0 Å². The van der Waals surface area contributed by atoms with E-state index in [9.17, 15) is 15.0 Å². The second-order valence-corrected chi connectivity index (χ2v) is 9.65. The Labute approximate surface area is 224 Å². The molecule has 1 aliphatic heterocycles. The molecule has 0 bridgehead atoms. The van der Waals surface area contributed by atoms with Crippen LogP contribution in [0.5, 0.6) is 5.75 Å². The van der Waals surface area contributed by atoms with Gasteiger partial charge in [-0.05, 0) is 47.5 Å². The Kier molecular flexibility index (Phi) is 8.49. The smallest absolute Gasteiger partial charge is 0.321 e. The van der Waals surface area contributed by atoms with E-state index in [4.69, 9.17) is 39.5 Å². The van der Waals surface area contributed by atoms with Crippen molar-refractivity contribution in [1.82, 2.24) is 4.90 Å². The van der Waals surface area contributed by atoms with Crippen LogP contribution < -0.4 is 15.0 Å². The molecule has 1 aliphatic rings. The van der Waals surface area contributed by atoms with Crippen LogP contribution >= 0.6 is 34.8 Å². The number of methoxy groups -OCH3 is 1. The first-order valence-electron chi connectivity index (χ1n) is 11.3. The molecule has 10 heteroatoms. The van der Waals surface area contributed by atoms with Gasteiger partial charge in [-0.3, -0.25) is 0 Å². The zero-order valence-electron chi connectivity index (χ0n) is 19.5. The number of hydrogen-bond donors (Lipinski definition) is 3. The van der Waals surface area contributed by atoms with Crippen LogP contribution in [0, 0.1) is 0 Å². The number of nitrogens with zero attached hydrogens (tertiary/aromatic N) is 2. The van der Waals surface area contributed by atoms with E-state index in [1.54, 1.807) is 29.2 Å². The minimum absolute atomic E-state index is 0.181. The number of benzene rings is 3. The summed E-state index contributed by atoms with van der Waals surface area (Å²) in [6, 6.07) is 15.7. The van der Waals surface area contributed by atoms with Gasteiger partial charge in [0.15, 0.2) is 0 Å². The molecule has 1 heterocycles. The molecule has 0 spiro atoms. The zero-order chi connectivity index (χ0) is 25.8. The quantitative estimate of drug-likeness (QED) is 0.365. The van der Waals surface area contributed by atoms with E-state index in [1.807, 2.05) is 30.3 Å². The molecule has 36 heavy (non-hydrogen) atoms. The first kappa shape index (κ1) is 26.4. The van der Waals surface area contributed by atoms with Crippen LogP contribution in [-0.4, -0.2) is 47.9 Å². The topological polar surface area (TPSA) is 85.3 Å². The summed E-state index contributed by atoms with van der Waals surface area (Å²) in [6.45, 7) is 0.801. The minimum atomic E-state index is -0.296. The molecule has 1 atom stereocenters. The third kappa shape index (κ3) is 5.66. The summed E-state index contributed by atoms with van der Waals surface area (Å²) in [5.74, 6) is 0.389. The maximum Gasteiger partial charge on any atom is 0.321 e. The van der Waals surface area contributed by atoms with Crippen molar-refractivity contribution in [2.45, 2.75) is 19.3 Å². The van der Waals surface area contributed by atoms with Crippen LogP contribution in [0.3, 0.4) is 0 Å². The first-order valence-corrected chi connectivity index (χ1v) is 12.4. The standard InChI is InChI=1S/C26H26Cl3N3O4/c1-36-25-12-20(10-17(14-33)21(25)15-34)30-26(35)31-8-9-32(23-7-6-19(28)11-22(23)29)24(13-31)16-2-4-18(27)5-3-16/h2-7,10-12,24,33-34H,8-9,13-15H2,1H3,(H,30,35). The van der Waals surface area contributed by atoms with Gasteiger partial charge in [0.05, 0.1) is 37.1 Å². The largest absolute Gasteiger partial charge is 0.496 e. The molecular formula is C26H26Cl3N3O4. The molecule has 0 aliphatic carbocycles. The van der Waals surface area contributed by atoms with E-state index < -0.39 is 0 Å². The number of piperazine rings is 1. The number of ether oxygens (including phenoxy) is 1. The monoisotopic (exact) mass is 549 g/mol. The fraction of sp³-hybridized carbons (Fsp3) is 0.269. The number of carbonyl (C=O) groups excluding carboxylic acids is 1. The van der Waals surface area contributed by atoms with Crippen molar-refractivity contribution in [1.29, 1.82) is 0 Å². The Morgan fingerprint density at radius 2 is 1.72 bits per heavy atom. The summed E-state index contributed by atoms with van der Waals surface area (Å²) in [4.78, 5) is 17.2. The molecule has 1 fully saturated rings. The van der Waals surface area contributed by atoms with E-state index in [2.05, 4.69) is 10.2 Å². The fourth-order valence-corrected chi connectivity index (χ4v) is 5.06. The highest BCUT2D eigenvalue weighted by atomic mass is 35.5. The predicted octanol–water partition coefficient (Wildman–Crippen LogP) is 5.74. The fourth-order valence-electron chi connectivity index (χ4n) is 4.42. The predicted molar refractivity (Wildman–Crippen MR) is 143 cm³/mol. The summed E-state index contributed by atoms with van der Waals surface area (Å²) >= 11 is 18.8. The Balaban J connectivity index is 1.60. The molecular weight excluding hydrogens is 525 g/mol. The van der Waals surface area contributed by atoms with Crippen molar-refractivity contribution < 1.29 is 19.7 Å². The number of halogens is 3. The molecule has 1 unspecified atom stereocenters. The molecule has 4 rings (SSSR count). The maximum atomic E-state index is 13.3. The number of urea groups is 1. The van der Waals surface area contributed by atoms with Crippen LogP contribution in [0.2, 0.25) is 15.1 Å². The number of hydrogen-bond acceptors (Lipinski definition) is 5. The normalized spacial score (nSPS) is 15.7. The van der Waals surface area contributed by atoms with Gasteiger partial charge in [-0.25, -0.2) is 4.79 Å². The van der Waals surface area contributed by atoms with Gasteiger partial charge in [0.25, 0.3) is 0 Å². The van der Waals surface area contributed by atoms with Crippen molar-refractivity contribution in [3.8, 4) is 5.75 Å². The lowest BCUT2D eigenvalue weighted by molar-refractivity contribution is 0.198. The SMILES string of the molecule is COc1cc(NC(=O)N2CCN(c3ccc(Cl)cc3Cl)C(c3ccc(Cl)cc3)C2)cc(CO)c1CO. The van der Waals surface area contributed by atoms with Crippen molar-refractivity contribution in [2.75, 3.05) is 37.0 Å². The van der Waals surface area contributed by atoms with Gasteiger partial charge in [0.1, 0.15) is 5.75 Å². The Morgan fingerprint density at radius 1 is 1.00 bits per heavy atom. The van der Waals surface area contributed by atoms with E-state index in [1.165, 1.54) is 7.11 Å². The third-order valence-corrected chi connectivity index (χ3v) is 7.03. The number of aliphatic hydroxyl groups is 2. The van der Waals surface area contributed by atoms with Crippen LogP contribution in [0.25, 0.3) is 0 Å². The lowest BCUT2D eigenvalue weighted by atomic mass is 10.0. The highest BCUT2D eigenvalue weighted by Gasteiger charge is 2.32. The second kappa shape index (κ2) is 11.6. The summed E-state index contributed by atoms with van der Waals surface area (Å²) in [5.41, 5.74) is 3.24. The van der Waals surface area contributed by atoms with Gasteiger partial charge in [-0.1, -0.05) is 46.9 Å². The number of nitrogens with one attached hydrogen (secondary N) is 1. The highest BCUT2D eigenvalue weighted by Crippen LogP contribution is 2.37. The van der Waals surface area contributed by atoms with Crippen LogP contribution in [0.4, 0.5) is 16.2 Å². The number of amides is 2. The van der Waals surface area contributed by atoms with E-state index in [0.717, 1.165) is 11.3 Å². The van der Waals surface area contributed by atoms with Crippen molar-refractivity contribution in [3.05, 3.63) is 86.4 Å².